The quantitative estimate of drug-likeness (QED) is 0.482. The number of carbonyl (C=O) groups is 5. The van der Waals surface area contributed by atoms with Gasteiger partial charge in [-0.2, -0.15) is 0 Å². The zero-order valence-corrected chi connectivity index (χ0v) is 11.2. The van der Waals surface area contributed by atoms with Crippen molar-refractivity contribution in [1.29, 1.82) is 0 Å². The molecule has 0 spiro atoms. The van der Waals surface area contributed by atoms with Gasteiger partial charge in [0.2, 0.25) is 0 Å². The Morgan fingerprint density at radius 2 is 1.38 bits per heavy atom. The highest BCUT2D eigenvalue weighted by molar-refractivity contribution is 6.23. The van der Waals surface area contributed by atoms with Crippen LogP contribution in [0.5, 0.6) is 0 Å². The Labute approximate surface area is 119 Å². The molecule has 7 nitrogen and oxygen atoms in total. The molecule has 0 saturated carbocycles. The van der Waals surface area contributed by atoms with E-state index in [1.54, 1.807) is 6.92 Å². The molecule has 0 bridgehead atoms. The minimum absolute atomic E-state index is 0.0414. The first-order valence-electron chi connectivity index (χ1n) is 6.56. The molecule has 4 amide bonds. The topological polar surface area (TPSA) is 109 Å². The first-order chi connectivity index (χ1) is 9.93. The second-order valence-corrected chi connectivity index (χ2v) is 5.40. The molecule has 0 aromatic heterocycles. The summed E-state index contributed by atoms with van der Waals surface area (Å²) in [6.45, 7) is 1.72. The monoisotopic (exact) mass is 288 g/mol. The summed E-state index contributed by atoms with van der Waals surface area (Å²) in [5.74, 6) is -3.39. The third kappa shape index (κ3) is 1.84. The fraction of sp³-hybridized carbons (Fsp3) is 0.357. The zero-order valence-electron chi connectivity index (χ0n) is 11.2. The van der Waals surface area contributed by atoms with Crippen LogP contribution in [-0.2, 0) is 24.0 Å². The molecule has 0 aromatic rings. The lowest BCUT2D eigenvalue weighted by atomic mass is 9.80. The lowest BCUT2D eigenvalue weighted by Crippen LogP contribution is -2.26. The summed E-state index contributed by atoms with van der Waals surface area (Å²) in [6.07, 6.45) is 0.654. The first kappa shape index (κ1) is 13.4. The number of hydrogen-bond donors (Lipinski definition) is 2. The molecule has 1 aliphatic carbocycles. The Morgan fingerprint density at radius 1 is 0.857 bits per heavy atom. The van der Waals surface area contributed by atoms with Gasteiger partial charge in [-0.15, -0.1) is 0 Å². The van der Waals surface area contributed by atoms with Gasteiger partial charge >= 0.3 is 0 Å². The maximum absolute atomic E-state index is 11.9. The number of rotatable bonds is 1. The van der Waals surface area contributed by atoms with E-state index in [2.05, 4.69) is 10.6 Å². The third-order valence-electron chi connectivity index (χ3n) is 4.10. The molecule has 2 unspecified atom stereocenters. The Morgan fingerprint density at radius 3 is 1.95 bits per heavy atom. The molecule has 108 valence electrons. The van der Waals surface area contributed by atoms with Crippen molar-refractivity contribution in [3.8, 4) is 0 Å². The largest absolute Gasteiger partial charge is 0.303 e. The van der Waals surface area contributed by atoms with Crippen molar-refractivity contribution in [1.82, 2.24) is 10.6 Å². The van der Waals surface area contributed by atoms with Crippen LogP contribution in [0.25, 0.3) is 0 Å². The summed E-state index contributed by atoms with van der Waals surface area (Å²) in [5, 5.41) is 4.38. The number of aldehydes is 1. The molecule has 0 saturated heterocycles. The molecule has 3 aliphatic rings. The number of imide groups is 2. The van der Waals surface area contributed by atoms with Gasteiger partial charge in [0.1, 0.15) is 6.29 Å². The van der Waals surface area contributed by atoms with E-state index in [1.807, 2.05) is 0 Å². The van der Waals surface area contributed by atoms with Crippen LogP contribution in [0, 0.1) is 11.8 Å². The Bertz CT molecular complexity index is 685. The van der Waals surface area contributed by atoms with Crippen LogP contribution in [0.4, 0.5) is 0 Å². The molecule has 2 atom stereocenters. The van der Waals surface area contributed by atoms with Gasteiger partial charge in [-0.25, -0.2) is 0 Å². The summed E-state index contributed by atoms with van der Waals surface area (Å²) in [6, 6.07) is 0. The van der Waals surface area contributed by atoms with E-state index >= 15 is 0 Å². The van der Waals surface area contributed by atoms with Gasteiger partial charge in [0.25, 0.3) is 23.6 Å². The highest BCUT2D eigenvalue weighted by Crippen LogP contribution is 2.37. The van der Waals surface area contributed by atoms with Crippen LogP contribution in [-0.4, -0.2) is 29.9 Å². The number of amides is 4. The van der Waals surface area contributed by atoms with Gasteiger partial charge in [0, 0.05) is 28.2 Å². The van der Waals surface area contributed by atoms with Gasteiger partial charge in [0.15, 0.2) is 0 Å². The van der Waals surface area contributed by atoms with Crippen molar-refractivity contribution in [2.75, 3.05) is 0 Å². The zero-order chi connectivity index (χ0) is 15.3. The maximum Gasteiger partial charge on any atom is 0.255 e. The van der Waals surface area contributed by atoms with Gasteiger partial charge in [0.05, 0.1) is 0 Å². The van der Waals surface area contributed by atoms with E-state index in [1.165, 1.54) is 0 Å². The average molecular weight is 288 g/mol. The molecule has 0 radical (unpaired) electrons. The highest BCUT2D eigenvalue weighted by atomic mass is 16.2. The summed E-state index contributed by atoms with van der Waals surface area (Å²) in [4.78, 5) is 58.7. The van der Waals surface area contributed by atoms with E-state index in [9.17, 15) is 24.0 Å². The molecule has 2 heterocycles. The number of carbonyl (C=O) groups excluding carboxylic acids is 5. The van der Waals surface area contributed by atoms with E-state index in [4.69, 9.17) is 0 Å². The van der Waals surface area contributed by atoms with Gasteiger partial charge in [-0.05, 0) is 18.8 Å². The molecular weight excluding hydrogens is 276 g/mol. The van der Waals surface area contributed by atoms with Crippen molar-refractivity contribution >= 4 is 29.9 Å². The molecule has 2 aliphatic heterocycles. The van der Waals surface area contributed by atoms with Crippen LogP contribution in [0.15, 0.2) is 22.3 Å². The van der Waals surface area contributed by atoms with Gasteiger partial charge in [-0.1, -0.05) is 6.92 Å². The Balaban J connectivity index is 2.13. The van der Waals surface area contributed by atoms with Crippen LogP contribution < -0.4 is 10.6 Å². The molecule has 3 rings (SSSR count). The van der Waals surface area contributed by atoms with Crippen molar-refractivity contribution in [3.05, 3.63) is 22.3 Å². The van der Waals surface area contributed by atoms with Crippen molar-refractivity contribution in [2.45, 2.75) is 19.8 Å². The normalized spacial score (nSPS) is 28.8. The molecule has 0 aromatic carbocycles. The molecule has 0 fully saturated rings. The van der Waals surface area contributed by atoms with Crippen LogP contribution in [0.1, 0.15) is 19.8 Å². The van der Waals surface area contributed by atoms with Crippen LogP contribution in [0.3, 0.4) is 0 Å². The minimum Gasteiger partial charge on any atom is -0.303 e. The smallest absolute Gasteiger partial charge is 0.255 e. The second kappa shape index (κ2) is 4.47. The molecule has 21 heavy (non-hydrogen) atoms. The maximum atomic E-state index is 11.9. The number of hydrogen-bond acceptors (Lipinski definition) is 5. The van der Waals surface area contributed by atoms with Gasteiger partial charge in [-0.3, -0.25) is 29.8 Å². The lowest BCUT2D eigenvalue weighted by molar-refractivity contribution is -0.126. The fourth-order valence-corrected chi connectivity index (χ4v) is 3.18. The first-order valence-corrected chi connectivity index (χ1v) is 6.56. The lowest BCUT2D eigenvalue weighted by Gasteiger charge is -2.19. The minimum atomic E-state index is -0.888. The average Bonchev–Trinajstić information content (AvgIpc) is 2.82. The Hall–Kier alpha value is -2.57. The number of nitrogens with one attached hydrogen (secondary N) is 2. The summed E-state index contributed by atoms with van der Waals surface area (Å²) in [7, 11) is 0. The predicted octanol–water partition coefficient (Wildman–Crippen LogP) is -0.863. The van der Waals surface area contributed by atoms with E-state index in [-0.39, 0.29) is 35.5 Å². The van der Waals surface area contributed by atoms with E-state index in [0.29, 0.717) is 11.9 Å². The van der Waals surface area contributed by atoms with E-state index in [0.717, 1.165) is 0 Å². The van der Waals surface area contributed by atoms with Crippen molar-refractivity contribution < 1.29 is 24.0 Å². The highest BCUT2D eigenvalue weighted by Gasteiger charge is 2.42. The van der Waals surface area contributed by atoms with Crippen LogP contribution >= 0.6 is 0 Å². The molecule has 7 heteroatoms. The summed E-state index contributed by atoms with van der Waals surface area (Å²) >= 11 is 0. The van der Waals surface area contributed by atoms with E-state index < -0.39 is 29.5 Å². The van der Waals surface area contributed by atoms with Crippen molar-refractivity contribution in [3.63, 3.8) is 0 Å². The fourth-order valence-electron chi connectivity index (χ4n) is 3.18. The molecular formula is C14H12N2O5. The predicted molar refractivity (Wildman–Crippen MR) is 68.3 cm³/mol. The SMILES string of the molecule is CC1CC2=C(C(=O)NC2=O)C(C=O)CC2=C1C(=O)NC2=O. The second-order valence-electron chi connectivity index (χ2n) is 5.40. The van der Waals surface area contributed by atoms with Crippen LogP contribution in [0.2, 0.25) is 0 Å². The van der Waals surface area contributed by atoms with Gasteiger partial charge < -0.3 is 4.79 Å². The molecule has 2 N–H and O–H groups in total. The summed E-state index contributed by atoms with van der Waals surface area (Å²) in [5.41, 5.74) is 0.915. The third-order valence-corrected chi connectivity index (χ3v) is 4.10. The van der Waals surface area contributed by atoms with Crippen molar-refractivity contribution in [2.24, 2.45) is 11.8 Å². The standard InChI is InChI=1S/C14H12N2O5/c1-5-2-7-10(14(21)16-11(7)18)6(4-17)3-8-9(5)13(20)15-12(8)19/h4-6H,2-3H2,1H3,(H,15,19,20)(H,16,18,21). The summed E-state index contributed by atoms with van der Waals surface area (Å²) < 4.78 is 0. The Kier molecular flexibility index (Phi) is 2.86.